The summed E-state index contributed by atoms with van der Waals surface area (Å²) in [6.07, 6.45) is 3.03. The summed E-state index contributed by atoms with van der Waals surface area (Å²) in [6, 6.07) is 0. The molecule has 0 aromatic carbocycles. The van der Waals surface area contributed by atoms with Gasteiger partial charge >= 0.3 is 0 Å². The maximum Gasteiger partial charge on any atom is 0.193 e. The van der Waals surface area contributed by atoms with Gasteiger partial charge in [-0.1, -0.05) is 0 Å². The third-order valence-electron chi connectivity index (χ3n) is 1.27. The molecule has 1 N–H and O–H groups in total. The molecule has 5 nitrogen and oxygen atoms in total. The van der Waals surface area contributed by atoms with Crippen LogP contribution in [0.1, 0.15) is 5.89 Å². The van der Waals surface area contributed by atoms with E-state index < -0.39 is 0 Å². The van der Waals surface area contributed by atoms with Gasteiger partial charge in [0, 0.05) is 6.92 Å². The van der Waals surface area contributed by atoms with Crippen molar-refractivity contribution < 1.29 is 4.42 Å². The molecule has 2 aromatic rings. The van der Waals surface area contributed by atoms with Crippen LogP contribution in [0.4, 0.5) is 0 Å². The first-order valence-electron chi connectivity index (χ1n) is 3.14. The first-order valence-corrected chi connectivity index (χ1v) is 3.14. The van der Waals surface area contributed by atoms with Gasteiger partial charge in [0.05, 0.1) is 6.20 Å². The fourth-order valence-corrected chi connectivity index (χ4v) is 0.795. The first-order chi connectivity index (χ1) is 5.36. The summed E-state index contributed by atoms with van der Waals surface area (Å²) in [5.41, 5.74) is 0. The Morgan fingerprint density at radius 1 is 1.45 bits per heavy atom. The topological polar surface area (TPSA) is 67.6 Å². The predicted molar refractivity (Wildman–Crippen MR) is 36.6 cm³/mol. The molecule has 0 fully saturated rings. The van der Waals surface area contributed by atoms with Gasteiger partial charge in [-0.15, -0.1) is 0 Å². The van der Waals surface area contributed by atoms with Gasteiger partial charge in [0.1, 0.15) is 6.33 Å². The monoisotopic (exact) mass is 150 g/mol. The van der Waals surface area contributed by atoms with Crippen molar-refractivity contribution in [3.8, 4) is 11.6 Å². The number of rotatable bonds is 1. The van der Waals surface area contributed by atoms with Gasteiger partial charge in [-0.25, -0.2) is 9.97 Å². The highest BCUT2D eigenvalue weighted by Gasteiger charge is 2.04. The minimum absolute atomic E-state index is 0.602. The number of H-pyrrole nitrogens is 1. The number of hydrogen-bond acceptors (Lipinski definition) is 4. The zero-order valence-electron chi connectivity index (χ0n) is 5.90. The standard InChI is InChI=1S/C6H6N4O/c1-4-7-2-5(11-4)6-8-3-9-10-6/h2-3H,1H3,(H,8,9,10). The van der Waals surface area contributed by atoms with E-state index in [9.17, 15) is 0 Å². The summed E-state index contributed by atoms with van der Waals surface area (Å²) >= 11 is 0. The van der Waals surface area contributed by atoms with E-state index in [1.807, 2.05) is 0 Å². The van der Waals surface area contributed by atoms with Crippen molar-refractivity contribution in [2.75, 3.05) is 0 Å². The van der Waals surface area contributed by atoms with Crippen molar-refractivity contribution in [2.24, 2.45) is 0 Å². The van der Waals surface area contributed by atoms with Gasteiger partial charge in [0.2, 0.25) is 0 Å². The minimum atomic E-state index is 0.602. The molecular formula is C6H6N4O. The van der Waals surface area contributed by atoms with E-state index in [4.69, 9.17) is 4.42 Å². The van der Waals surface area contributed by atoms with Crippen LogP contribution >= 0.6 is 0 Å². The van der Waals surface area contributed by atoms with Crippen LogP contribution in [0.25, 0.3) is 11.6 Å². The molecule has 0 saturated carbocycles. The maximum absolute atomic E-state index is 5.18. The lowest BCUT2D eigenvalue weighted by molar-refractivity contribution is 0.531. The smallest absolute Gasteiger partial charge is 0.193 e. The molecule has 0 saturated heterocycles. The van der Waals surface area contributed by atoms with Crippen molar-refractivity contribution in [3.05, 3.63) is 18.4 Å². The lowest BCUT2D eigenvalue weighted by Crippen LogP contribution is -1.75. The normalized spacial score (nSPS) is 10.3. The van der Waals surface area contributed by atoms with E-state index in [2.05, 4.69) is 20.2 Å². The number of nitrogens with zero attached hydrogens (tertiary/aromatic N) is 3. The Morgan fingerprint density at radius 2 is 2.36 bits per heavy atom. The van der Waals surface area contributed by atoms with Crippen LogP contribution in [0.15, 0.2) is 16.9 Å². The third-order valence-corrected chi connectivity index (χ3v) is 1.27. The third kappa shape index (κ3) is 1.000. The fraction of sp³-hybridized carbons (Fsp3) is 0.167. The van der Waals surface area contributed by atoms with E-state index in [0.717, 1.165) is 0 Å². The van der Waals surface area contributed by atoms with Crippen LogP contribution in [0.5, 0.6) is 0 Å². The summed E-state index contributed by atoms with van der Waals surface area (Å²) in [5, 5.41) is 6.36. The molecule has 0 aliphatic heterocycles. The van der Waals surface area contributed by atoms with Gasteiger partial charge < -0.3 is 4.42 Å². The first kappa shape index (κ1) is 6.09. The van der Waals surface area contributed by atoms with Crippen LogP contribution in [-0.4, -0.2) is 20.2 Å². The van der Waals surface area contributed by atoms with Gasteiger partial charge in [-0.2, -0.15) is 5.10 Å². The largest absolute Gasteiger partial charge is 0.438 e. The molecule has 11 heavy (non-hydrogen) atoms. The summed E-state index contributed by atoms with van der Waals surface area (Å²) < 4.78 is 5.18. The van der Waals surface area contributed by atoms with Gasteiger partial charge in [0.25, 0.3) is 0 Å². The molecular weight excluding hydrogens is 144 g/mol. The van der Waals surface area contributed by atoms with Crippen molar-refractivity contribution in [3.63, 3.8) is 0 Å². The summed E-state index contributed by atoms with van der Waals surface area (Å²) in [7, 11) is 0. The molecule has 0 amide bonds. The average molecular weight is 150 g/mol. The van der Waals surface area contributed by atoms with E-state index in [1.165, 1.54) is 6.33 Å². The number of hydrogen-bond donors (Lipinski definition) is 1. The molecule has 2 heterocycles. The second-order valence-corrected chi connectivity index (χ2v) is 2.08. The average Bonchev–Trinajstić information content (AvgIpc) is 2.55. The lowest BCUT2D eigenvalue weighted by Gasteiger charge is -1.83. The van der Waals surface area contributed by atoms with Gasteiger partial charge in [-0.3, -0.25) is 5.10 Å². The molecule has 0 spiro atoms. The predicted octanol–water partition coefficient (Wildman–Crippen LogP) is 0.768. The molecule has 56 valence electrons. The zero-order valence-corrected chi connectivity index (χ0v) is 5.90. The highest BCUT2D eigenvalue weighted by atomic mass is 16.4. The Labute approximate surface area is 62.5 Å². The fourth-order valence-electron chi connectivity index (χ4n) is 0.795. The van der Waals surface area contributed by atoms with Crippen molar-refractivity contribution >= 4 is 0 Å². The van der Waals surface area contributed by atoms with Gasteiger partial charge in [-0.05, 0) is 0 Å². The van der Waals surface area contributed by atoms with Crippen LogP contribution in [0.2, 0.25) is 0 Å². The lowest BCUT2D eigenvalue weighted by atomic mass is 10.5. The Bertz CT molecular complexity index is 337. The number of nitrogens with one attached hydrogen (secondary N) is 1. The van der Waals surface area contributed by atoms with Crippen LogP contribution < -0.4 is 0 Å². The van der Waals surface area contributed by atoms with Crippen molar-refractivity contribution in [1.82, 2.24) is 20.2 Å². The Hall–Kier alpha value is -1.65. The quantitative estimate of drug-likeness (QED) is 0.651. The highest BCUT2D eigenvalue weighted by molar-refractivity contribution is 5.42. The Balaban J connectivity index is 2.45. The summed E-state index contributed by atoms with van der Waals surface area (Å²) in [4.78, 5) is 7.82. The molecule has 2 aromatic heterocycles. The molecule has 0 unspecified atom stereocenters. The van der Waals surface area contributed by atoms with E-state index >= 15 is 0 Å². The van der Waals surface area contributed by atoms with E-state index in [1.54, 1.807) is 13.1 Å². The van der Waals surface area contributed by atoms with Crippen LogP contribution in [0.3, 0.4) is 0 Å². The van der Waals surface area contributed by atoms with Gasteiger partial charge in [0.15, 0.2) is 17.5 Å². The van der Waals surface area contributed by atoms with E-state index in [0.29, 0.717) is 17.5 Å². The number of aromatic amines is 1. The second kappa shape index (κ2) is 2.19. The maximum atomic E-state index is 5.18. The number of aryl methyl sites for hydroxylation is 1. The zero-order chi connectivity index (χ0) is 7.68. The van der Waals surface area contributed by atoms with Crippen LogP contribution in [-0.2, 0) is 0 Å². The molecule has 0 atom stereocenters. The second-order valence-electron chi connectivity index (χ2n) is 2.08. The summed E-state index contributed by atoms with van der Waals surface area (Å²) in [5.74, 6) is 1.84. The van der Waals surface area contributed by atoms with E-state index in [-0.39, 0.29) is 0 Å². The minimum Gasteiger partial charge on any atom is -0.438 e. The highest BCUT2D eigenvalue weighted by Crippen LogP contribution is 2.13. The Morgan fingerprint density at radius 3 is 2.91 bits per heavy atom. The molecule has 5 heteroatoms. The molecule has 2 rings (SSSR count). The molecule has 0 bridgehead atoms. The number of oxazole rings is 1. The molecule has 0 radical (unpaired) electrons. The molecule has 0 aliphatic carbocycles. The number of aromatic nitrogens is 4. The SMILES string of the molecule is Cc1ncc(-c2ncn[nH]2)o1. The van der Waals surface area contributed by atoms with Crippen molar-refractivity contribution in [1.29, 1.82) is 0 Å². The van der Waals surface area contributed by atoms with Crippen LogP contribution in [0, 0.1) is 6.92 Å². The summed E-state index contributed by atoms with van der Waals surface area (Å²) in [6.45, 7) is 1.78. The van der Waals surface area contributed by atoms with Crippen molar-refractivity contribution in [2.45, 2.75) is 6.92 Å². The Kier molecular flexibility index (Phi) is 1.21. The molecule has 0 aliphatic rings.